The third kappa shape index (κ3) is 4.15. The maximum atomic E-state index is 6.31. The standard InChI is InChI=1S/C25H28ClNO4/c1-15(2)18-13-19(26)16(3)11-21(18)29-10-6-7-20-23-17(8-9-27(20)4)12-22-24(25(23)28-5)31-14-30-22/h11-13,15,20H,8-10,14H2,1-5H3/t20-/m1/s1. The molecule has 0 radical (unpaired) electrons. The van der Waals surface area contributed by atoms with E-state index in [-0.39, 0.29) is 12.8 Å². The normalized spacial score (nSPS) is 17.2. The first-order valence-electron chi connectivity index (χ1n) is 10.5. The number of halogens is 1. The summed E-state index contributed by atoms with van der Waals surface area (Å²) in [6.07, 6.45) is 0.912. The molecule has 4 rings (SSSR count). The molecule has 0 fully saturated rings. The van der Waals surface area contributed by atoms with E-state index >= 15 is 0 Å². The topological polar surface area (TPSA) is 40.2 Å². The number of ether oxygens (including phenoxy) is 4. The molecule has 2 aliphatic rings. The van der Waals surface area contributed by atoms with Crippen LogP contribution in [0.4, 0.5) is 0 Å². The van der Waals surface area contributed by atoms with Crippen LogP contribution in [-0.4, -0.2) is 39.0 Å². The van der Waals surface area contributed by atoms with E-state index in [1.54, 1.807) is 7.11 Å². The zero-order chi connectivity index (χ0) is 22.1. The van der Waals surface area contributed by atoms with Gasteiger partial charge in [-0.25, -0.2) is 0 Å². The Kier molecular flexibility index (Phi) is 6.22. The maximum absolute atomic E-state index is 6.31. The van der Waals surface area contributed by atoms with Crippen LogP contribution in [-0.2, 0) is 6.42 Å². The predicted octanol–water partition coefficient (Wildman–Crippen LogP) is 5.12. The molecule has 1 atom stereocenters. The number of hydrogen-bond donors (Lipinski definition) is 0. The van der Waals surface area contributed by atoms with Gasteiger partial charge in [0, 0.05) is 17.1 Å². The smallest absolute Gasteiger partial charge is 0.231 e. The number of rotatable bonds is 4. The van der Waals surface area contributed by atoms with Crippen LogP contribution < -0.4 is 18.9 Å². The average Bonchev–Trinajstić information content (AvgIpc) is 3.21. The Labute approximate surface area is 189 Å². The Bertz CT molecular complexity index is 1050. The fraction of sp³-hybridized carbons (Fsp3) is 0.440. The van der Waals surface area contributed by atoms with Crippen molar-refractivity contribution in [3.8, 4) is 34.8 Å². The molecular weight excluding hydrogens is 414 g/mol. The third-order valence-corrected chi connectivity index (χ3v) is 6.25. The van der Waals surface area contributed by atoms with Crippen LogP contribution in [0, 0.1) is 18.8 Å². The second-order valence-corrected chi connectivity index (χ2v) is 8.66. The van der Waals surface area contributed by atoms with E-state index in [0.717, 1.165) is 46.2 Å². The van der Waals surface area contributed by atoms with Crippen molar-refractivity contribution in [2.75, 3.05) is 34.1 Å². The molecule has 0 aliphatic carbocycles. The van der Waals surface area contributed by atoms with Crippen LogP contribution in [0.3, 0.4) is 0 Å². The maximum Gasteiger partial charge on any atom is 0.231 e. The monoisotopic (exact) mass is 441 g/mol. The quantitative estimate of drug-likeness (QED) is 0.616. The summed E-state index contributed by atoms with van der Waals surface area (Å²) in [4.78, 5) is 2.23. The lowest BCUT2D eigenvalue weighted by Crippen LogP contribution is -2.31. The second-order valence-electron chi connectivity index (χ2n) is 8.25. The number of likely N-dealkylation sites (N-methyl/N-ethyl adjacent to an activating group) is 1. The van der Waals surface area contributed by atoms with E-state index in [4.69, 9.17) is 30.5 Å². The molecule has 2 heterocycles. The first-order valence-corrected chi connectivity index (χ1v) is 10.9. The van der Waals surface area contributed by atoms with Crippen LogP contribution in [0.1, 0.15) is 48.1 Å². The van der Waals surface area contributed by atoms with E-state index < -0.39 is 0 Å². The highest BCUT2D eigenvalue weighted by Crippen LogP contribution is 2.49. The molecule has 0 spiro atoms. The fourth-order valence-corrected chi connectivity index (χ4v) is 4.29. The van der Waals surface area contributed by atoms with E-state index in [2.05, 4.69) is 43.7 Å². The van der Waals surface area contributed by atoms with Crippen molar-refractivity contribution in [3.63, 3.8) is 0 Å². The van der Waals surface area contributed by atoms with Crippen molar-refractivity contribution in [3.05, 3.63) is 45.5 Å². The van der Waals surface area contributed by atoms with Gasteiger partial charge in [0.25, 0.3) is 0 Å². The molecule has 0 saturated carbocycles. The zero-order valence-electron chi connectivity index (χ0n) is 18.7. The van der Waals surface area contributed by atoms with Gasteiger partial charge in [0.2, 0.25) is 12.5 Å². The van der Waals surface area contributed by atoms with Gasteiger partial charge < -0.3 is 18.9 Å². The van der Waals surface area contributed by atoms with Crippen LogP contribution in [0.2, 0.25) is 5.02 Å². The largest absolute Gasteiger partial charge is 0.492 e. The number of methoxy groups -OCH3 is 1. The van der Waals surface area contributed by atoms with Gasteiger partial charge in [0.15, 0.2) is 11.5 Å². The van der Waals surface area contributed by atoms with Gasteiger partial charge in [-0.1, -0.05) is 37.3 Å². The highest BCUT2D eigenvalue weighted by molar-refractivity contribution is 6.31. The summed E-state index contributed by atoms with van der Waals surface area (Å²) >= 11 is 6.31. The van der Waals surface area contributed by atoms with Gasteiger partial charge in [-0.05, 0) is 61.2 Å². The number of hydrogen-bond acceptors (Lipinski definition) is 5. The number of aryl methyl sites for hydroxylation is 1. The van der Waals surface area contributed by atoms with Gasteiger partial charge in [0.05, 0.1) is 7.11 Å². The molecule has 0 saturated heterocycles. The first kappa shape index (κ1) is 21.7. The first-order chi connectivity index (χ1) is 14.9. The lowest BCUT2D eigenvalue weighted by Gasteiger charge is -2.32. The minimum atomic E-state index is -0.103. The Balaban J connectivity index is 1.60. The average molecular weight is 442 g/mol. The summed E-state index contributed by atoms with van der Waals surface area (Å²) in [5, 5.41) is 0.758. The second kappa shape index (κ2) is 8.90. The number of fused-ring (bicyclic) bond motifs is 2. The Morgan fingerprint density at radius 3 is 2.81 bits per heavy atom. The van der Waals surface area contributed by atoms with Gasteiger partial charge >= 0.3 is 0 Å². The van der Waals surface area contributed by atoms with E-state index in [9.17, 15) is 0 Å². The number of nitrogens with zero attached hydrogens (tertiary/aromatic N) is 1. The summed E-state index contributed by atoms with van der Waals surface area (Å²) in [5.41, 5.74) is 4.33. The van der Waals surface area contributed by atoms with E-state index in [0.29, 0.717) is 24.0 Å². The highest BCUT2D eigenvalue weighted by Gasteiger charge is 2.33. The molecule has 0 unspecified atom stereocenters. The van der Waals surface area contributed by atoms with Gasteiger partial charge in [-0.15, -0.1) is 0 Å². The van der Waals surface area contributed by atoms with Gasteiger partial charge in [0.1, 0.15) is 18.4 Å². The third-order valence-electron chi connectivity index (χ3n) is 5.85. The molecule has 31 heavy (non-hydrogen) atoms. The van der Waals surface area contributed by atoms with Crippen molar-refractivity contribution in [1.82, 2.24) is 4.90 Å². The summed E-state index contributed by atoms with van der Waals surface area (Å²) in [6, 6.07) is 5.94. The predicted molar refractivity (Wildman–Crippen MR) is 122 cm³/mol. The Morgan fingerprint density at radius 2 is 2.06 bits per heavy atom. The molecule has 0 aromatic heterocycles. The molecule has 0 N–H and O–H groups in total. The van der Waals surface area contributed by atoms with Gasteiger partial charge in [-0.3, -0.25) is 4.90 Å². The van der Waals surface area contributed by atoms with Crippen LogP contribution >= 0.6 is 11.6 Å². The molecule has 6 heteroatoms. The van der Waals surface area contributed by atoms with Crippen molar-refractivity contribution >= 4 is 11.6 Å². The van der Waals surface area contributed by atoms with Crippen LogP contribution in [0.25, 0.3) is 0 Å². The minimum absolute atomic E-state index is 0.103. The van der Waals surface area contributed by atoms with Crippen molar-refractivity contribution in [2.24, 2.45) is 0 Å². The summed E-state index contributed by atoms with van der Waals surface area (Å²) < 4.78 is 23.0. The lowest BCUT2D eigenvalue weighted by molar-refractivity contribution is 0.171. The highest BCUT2D eigenvalue weighted by atomic mass is 35.5. The summed E-state index contributed by atoms with van der Waals surface area (Å²) in [6.45, 7) is 7.66. The molecule has 0 amide bonds. The number of benzene rings is 2. The molecule has 2 aromatic rings. The summed E-state index contributed by atoms with van der Waals surface area (Å²) in [5.74, 6) is 9.88. The zero-order valence-corrected chi connectivity index (χ0v) is 19.4. The van der Waals surface area contributed by atoms with Crippen molar-refractivity contribution in [2.45, 2.75) is 39.2 Å². The van der Waals surface area contributed by atoms with Crippen molar-refractivity contribution < 1.29 is 18.9 Å². The molecule has 2 aromatic carbocycles. The van der Waals surface area contributed by atoms with Crippen LogP contribution in [0.5, 0.6) is 23.0 Å². The van der Waals surface area contributed by atoms with E-state index in [1.165, 1.54) is 5.56 Å². The Hall–Kier alpha value is -2.55. The Morgan fingerprint density at radius 1 is 1.26 bits per heavy atom. The molecule has 2 aliphatic heterocycles. The van der Waals surface area contributed by atoms with Crippen molar-refractivity contribution in [1.29, 1.82) is 0 Å². The molecule has 5 nitrogen and oxygen atoms in total. The summed E-state index contributed by atoms with van der Waals surface area (Å²) in [7, 11) is 3.74. The molecular formula is C25H28ClNO4. The molecule has 0 bridgehead atoms. The minimum Gasteiger partial charge on any atom is -0.492 e. The lowest BCUT2D eigenvalue weighted by atomic mass is 9.91. The SMILES string of the molecule is COc1c2c(cc3c1[C@@H](C#CCOc1cc(C)c(Cl)cc1C(C)C)N(C)CC3)OCO2. The molecule has 164 valence electrons. The van der Waals surface area contributed by atoms with Gasteiger partial charge in [-0.2, -0.15) is 0 Å². The van der Waals surface area contributed by atoms with Crippen LogP contribution in [0.15, 0.2) is 18.2 Å². The fourth-order valence-electron chi connectivity index (χ4n) is 4.11. The van der Waals surface area contributed by atoms with E-state index in [1.807, 2.05) is 19.1 Å².